The van der Waals surface area contributed by atoms with Gasteiger partial charge in [0.15, 0.2) is 11.5 Å². The summed E-state index contributed by atoms with van der Waals surface area (Å²) in [5, 5.41) is 10.2. The standard InChI is InChI=1S/C14H19N3O3S/c1-18-10-7-9(8-11(19-2)13(10)20-3)14-17-16-12(21-14)5-4-6-15/h7-8H,4-6,15H2,1-3H3. The lowest BCUT2D eigenvalue weighted by molar-refractivity contribution is 0.324. The average molecular weight is 309 g/mol. The molecule has 2 aromatic rings. The molecule has 0 atom stereocenters. The number of rotatable bonds is 7. The zero-order chi connectivity index (χ0) is 15.2. The highest BCUT2D eigenvalue weighted by molar-refractivity contribution is 7.14. The second kappa shape index (κ2) is 7.24. The van der Waals surface area contributed by atoms with E-state index in [9.17, 15) is 0 Å². The van der Waals surface area contributed by atoms with Crippen molar-refractivity contribution in [1.82, 2.24) is 10.2 Å². The molecule has 0 aliphatic carbocycles. The predicted octanol–water partition coefficient (Wildman–Crippen LogP) is 2.12. The van der Waals surface area contributed by atoms with Gasteiger partial charge in [0.05, 0.1) is 21.3 Å². The molecule has 0 aliphatic rings. The largest absolute Gasteiger partial charge is 0.493 e. The van der Waals surface area contributed by atoms with Crippen LogP contribution in [-0.4, -0.2) is 38.1 Å². The monoisotopic (exact) mass is 309 g/mol. The number of nitrogens with zero attached hydrogens (tertiary/aromatic N) is 2. The van der Waals surface area contributed by atoms with E-state index >= 15 is 0 Å². The molecule has 0 saturated carbocycles. The molecule has 0 bridgehead atoms. The van der Waals surface area contributed by atoms with Crippen LogP contribution in [0.4, 0.5) is 0 Å². The molecule has 1 aromatic heterocycles. The van der Waals surface area contributed by atoms with Crippen LogP contribution < -0.4 is 19.9 Å². The maximum Gasteiger partial charge on any atom is 0.203 e. The summed E-state index contributed by atoms with van der Waals surface area (Å²) in [6.07, 6.45) is 1.75. The van der Waals surface area contributed by atoms with Crippen molar-refractivity contribution in [3.63, 3.8) is 0 Å². The molecule has 1 heterocycles. The first-order valence-electron chi connectivity index (χ1n) is 6.56. The summed E-state index contributed by atoms with van der Waals surface area (Å²) >= 11 is 1.55. The van der Waals surface area contributed by atoms with Crippen LogP contribution in [0.5, 0.6) is 17.2 Å². The maximum atomic E-state index is 5.51. The van der Waals surface area contributed by atoms with Crippen molar-refractivity contribution in [3.8, 4) is 27.8 Å². The van der Waals surface area contributed by atoms with Gasteiger partial charge in [0.25, 0.3) is 0 Å². The van der Waals surface area contributed by atoms with E-state index in [1.807, 2.05) is 12.1 Å². The minimum Gasteiger partial charge on any atom is -0.493 e. The Labute approximate surface area is 127 Å². The second-order valence-corrected chi connectivity index (χ2v) is 5.37. The number of ether oxygens (including phenoxy) is 3. The third-order valence-corrected chi connectivity index (χ3v) is 4.01. The Kier molecular flexibility index (Phi) is 5.35. The van der Waals surface area contributed by atoms with Crippen molar-refractivity contribution >= 4 is 11.3 Å². The van der Waals surface area contributed by atoms with Crippen molar-refractivity contribution in [2.45, 2.75) is 12.8 Å². The lowest BCUT2D eigenvalue weighted by Crippen LogP contribution is -1.99. The number of aryl methyl sites for hydroxylation is 1. The quantitative estimate of drug-likeness (QED) is 0.844. The first kappa shape index (κ1) is 15.5. The van der Waals surface area contributed by atoms with Crippen LogP contribution in [0.1, 0.15) is 11.4 Å². The fourth-order valence-corrected chi connectivity index (χ4v) is 2.80. The lowest BCUT2D eigenvalue weighted by Gasteiger charge is -2.13. The molecule has 1 aromatic carbocycles. The number of hydrogen-bond donors (Lipinski definition) is 1. The Morgan fingerprint density at radius 1 is 1.05 bits per heavy atom. The minimum atomic E-state index is 0.566. The topological polar surface area (TPSA) is 79.5 Å². The number of nitrogens with two attached hydrogens (primary N) is 1. The highest BCUT2D eigenvalue weighted by Crippen LogP contribution is 2.41. The lowest BCUT2D eigenvalue weighted by atomic mass is 10.2. The van der Waals surface area contributed by atoms with E-state index in [0.29, 0.717) is 23.8 Å². The van der Waals surface area contributed by atoms with Gasteiger partial charge in [-0.25, -0.2) is 0 Å². The van der Waals surface area contributed by atoms with Gasteiger partial charge in [-0.1, -0.05) is 11.3 Å². The van der Waals surface area contributed by atoms with Crippen LogP contribution in [0.2, 0.25) is 0 Å². The summed E-state index contributed by atoms with van der Waals surface area (Å²) < 4.78 is 16.0. The van der Waals surface area contributed by atoms with Gasteiger partial charge in [0.1, 0.15) is 10.0 Å². The van der Waals surface area contributed by atoms with E-state index in [0.717, 1.165) is 28.4 Å². The first-order valence-corrected chi connectivity index (χ1v) is 7.38. The third-order valence-electron chi connectivity index (χ3n) is 2.97. The number of methoxy groups -OCH3 is 3. The van der Waals surface area contributed by atoms with Crippen molar-refractivity contribution < 1.29 is 14.2 Å². The van der Waals surface area contributed by atoms with Crippen molar-refractivity contribution in [1.29, 1.82) is 0 Å². The summed E-state index contributed by atoms with van der Waals surface area (Å²) in [7, 11) is 4.76. The van der Waals surface area contributed by atoms with Crippen LogP contribution >= 0.6 is 11.3 Å². The van der Waals surface area contributed by atoms with E-state index in [-0.39, 0.29) is 0 Å². The third kappa shape index (κ3) is 3.43. The fourth-order valence-electron chi connectivity index (χ4n) is 1.93. The van der Waals surface area contributed by atoms with Crippen LogP contribution in [0, 0.1) is 0 Å². The van der Waals surface area contributed by atoms with E-state index in [1.54, 1.807) is 32.7 Å². The molecule has 114 valence electrons. The summed E-state index contributed by atoms with van der Waals surface area (Å²) in [5.41, 5.74) is 6.40. The van der Waals surface area contributed by atoms with E-state index < -0.39 is 0 Å². The SMILES string of the molecule is COc1cc(-c2nnc(CCCN)s2)cc(OC)c1OC. The number of benzene rings is 1. The van der Waals surface area contributed by atoms with Crippen LogP contribution in [0.3, 0.4) is 0 Å². The van der Waals surface area contributed by atoms with Gasteiger partial charge >= 0.3 is 0 Å². The molecule has 0 aliphatic heterocycles. The van der Waals surface area contributed by atoms with Crippen molar-refractivity contribution in [2.75, 3.05) is 27.9 Å². The first-order chi connectivity index (χ1) is 10.2. The summed E-state index contributed by atoms with van der Waals surface area (Å²) in [5.74, 6) is 1.77. The molecule has 2 rings (SSSR count). The Hall–Kier alpha value is -1.86. The Morgan fingerprint density at radius 2 is 1.71 bits per heavy atom. The van der Waals surface area contributed by atoms with Gasteiger partial charge in [0, 0.05) is 12.0 Å². The number of hydrogen-bond acceptors (Lipinski definition) is 7. The molecule has 0 spiro atoms. The predicted molar refractivity (Wildman–Crippen MR) is 82.4 cm³/mol. The molecule has 0 fully saturated rings. The normalized spacial score (nSPS) is 10.5. The molecule has 21 heavy (non-hydrogen) atoms. The van der Waals surface area contributed by atoms with Gasteiger partial charge in [0.2, 0.25) is 5.75 Å². The average Bonchev–Trinajstić information content (AvgIpc) is 3.00. The van der Waals surface area contributed by atoms with Crippen molar-refractivity contribution in [3.05, 3.63) is 17.1 Å². The van der Waals surface area contributed by atoms with Gasteiger partial charge in [-0.2, -0.15) is 0 Å². The molecule has 0 radical (unpaired) electrons. The molecule has 0 saturated heterocycles. The summed E-state index contributed by atoms with van der Waals surface area (Å²) in [6.45, 7) is 0.652. The Bertz CT molecular complexity index is 576. The minimum absolute atomic E-state index is 0.566. The van der Waals surface area contributed by atoms with Crippen molar-refractivity contribution in [2.24, 2.45) is 5.73 Å². The summed E-state index contributed by atoms with van der Waals surface area (Å²) in [6, 6.07) is 3.74. The highest BCUT2D eigenvalue weighted by Gasteiger charge is 2.16. The Morgan fingerprint density at radius 3 is 2.24 bits per heavy atom. The zero-order valence-corrected chi connectivity index (χ0v) is 13.2. The Balaban J connectivity index is 2.37. The van der Waals surface area contributed by atoms with E-state index in [2.05, 4.69) is 10.2 Å². The highest BCUT2D eigenvalue weighted by atomic mass is 32.1. The summed E-state index contributed by atoms with van der Waals surface area (Å²) in [4.78, 5) is 0. The molecule has 7 heteroatoms. The molecule has 2 N–H and O–H groups in total. The molecule has 0 amide bonds. The number of aromatic nitrogens is 2. The van der Waals surface area contributed by atoms with Gasteiger partial charge in [-0.15, -0.1) is 10.2 Å². The van der Waals surface area contributed by atoms with E-state index in [4.69, 9.17) is 19.9 Å². The van der Waals surface area contributed by atoms with Gasteiger partial charge in [-0.3, -0.25) is 0 Å². The fraction of sp³-hybridized carbons (Fsp3) is 0.429. The zero-order valence-electron chi connectivity index (χ0n) is 12.4. The van der Waals surface area contributed by atoms with Crippen LogP contribution in [0.15, 0.2) is 12.1 Å². The molecule has 6 nitrogen and oxygen atoms in total. The molecular weight excluding hydrogens is 290 g/mol. The smallest absolute Gasteiger partial charge is 0.203 e. The van der Waals surface area contributed by atoms with Crippen LogP contribution in [-0.2, 0) is 6.42 Å². The van der Waals surface area contributed by atoms with Crippen LogP contribution in [0.25, 0.3) is 10.6 Å². The molecular formula is C14H19N3O3S. The van der Waals surface area contributed by atoms with E-state index in [1.165, 1.54) is 0 Å². The molecule has 0 unspecified atom stereocenters. The maximum absolute atomic E-state index is 5.51. The van der Waals surface area contributed by atoms with Gasteiger partial charge in [-0.05, 0) is 25.1 Å². The second-order valence-electron chi connectivity index (χ2n) is 4.31. The van der Waals surface area contributed by atoms with Gasteiger partial charge < -0.3 is 19.9 Å².